The van der Waals surface area contributed by atoms with E-state index in [0.29, 0.717) is 25.9 Å². The summed E-state index contributed by atoms with van der Waals surface area (Å²) >= 11 is 7.02. The van der Waals surface area contributed by atoms with Crippen LogP contribution in [0, 0.1) is 6.92 Å². The van der Waals surface area contributed by atoms with E-state index in [0.717, 1.165) is 27.9 Å². The van der Waals surface area contributed by atoms with Gasteiger partial charge in [-0.15, -0.1) is 0 Å². The van der Waals surface area contributed by atoms with E-state index in [9.17, 15) is 14.4 Å². The van der Waals surface area contributed by atoms with Crippen molar-refractivity contribution >= 4 is 40.4 Å². The largest absolute Gasteiger partial charge is 0.338 e. The Bertz CT molecular complexity index is 657. The zero-order valence-electron chi connectivity index (χ0n) is 12.8. The van der Waals surface area contributed by atoms with Gasteiger partial charge >= 0.3 is 0 Å². The standard InChI is InChI=1S/C16H17ClN2O3S/c1-10-6-11(2-4-13(10)17)3-5-14(20)18-7-12(8-18)19-15(21)9-23-16(19)22/h2,4,6,12H,3,5,7-9H2,1H3. The number of carbonyl (C=O) groups is 3. The van der Waals surface area contributed by atoms with Crippen molar-refractivity contribution < 1.29 is 14.4 Å². The van der Waals surface area contributed by atoms with Crippen LogP contribution in [0.3, 0.4) is 0 Å². The molecule has 0 unspecified atom stereocenters. The summed E-state index contributed by atoms with van der Waals surface area (Å²) in [5.74, 6) is 0.133. The first-order chi connectivity index (χ1) is 11.0. The van der Waals surface area contributed by atoms with Crippen molar-refractivity contribution in [2.45, 2.75) is 25.8 Å². The summed E-state index contributed by atoms with van der Waals surface area (Å²) in [5.41, 5.74) is 2.09. The fourth-order valence-corrected chi connectivity index (χ4v) is 3.70. The highest BCUT2D eigenvalue weighted by Gasteiger charge is 2.43. The molecule has 2 saturated heterocycles. The lowest BCUT2D eigenvalue weighted by Gasteiger charge is -2.42. The molecule has 0 aromatic heterocycles. The van der Waals surface area contributed by atoms with Crippen LogP contribution in [0.1, 0.15) is 17.5 Å². The molecule has 5 nitrogen and oxygen atoms in total. The van der Waals surface area contributed by atoms with Crippen molar-refractivity contribution in [2.75, 3.05) is 18.8 Å². The first-order valence-electron chi connectivity index (χ1n) is 7.47. The molecule has 122 valence electrons. The minimum atomic E-state index is -0.191. The molecule has 2 aliphatic heterocycles. The van der Waals surface area contributed by atoms with Gasteiger partial charge in [-0.3, -0.25) is 19.3 Å². The van der Waals surface area contributed by atoms with Crippen molar-refractivity contribution in [3.05, 3.63) is 34.3 Å². The maximum Gasteiger partial charge on any atom is 0.289 e. The van der Waals surface area contributed by atoms with Gasteiger partial charge in [-0.25, -0.2) is 0 Å². The summed E-state index contributed by atoms with van der Waals surface area (Å²) in [6.07, 6.45) is 1.08. The molecule has 0 atom stereocenters. The predicted octanol–water partition coefficient (Wildman–Crippen LogP) is 2.49. The highest BCUT2D eigenvalue weighted by atomic mass is 35.5. The minimum Gasteiger partial charge on any atom is -0.338 e. The molecule has 0 bridgehead atoms. The summed E-state index contributed by atoms with van der Waals surface area (Å²) in [7, 11) is 0. The number of thioether (sulfide) groups is 1. The molecule has 2 fully saturated rings. The van der Waals surface area contributed by atoms with E-state index in [2.05, 4.69) is 0 Å². The molecule has 7 heteroatoms. The number of imide groups is 1. The molecule has 3 rings (SSSR count). The van der Waals surface area contributed by atoms with E-state index in [4.69, 9.17) is 11.6 Å². The number of amides is 3. The summed E-state index contributed by atoms with van der Waals surface area (Å²) in [6, 6.07) is 5.62. The smallest absolute Gasteiger partial charge is 0.289 e. The van der Waals surface area contributed by atoms with Gasteiger partial charge in [0.05, 0.1) is 11.8 Å². The Morgan fingerprint density at radius 2 is 2.09 bits per heavy atom. The van der Waals surface area contributed by atoms with E-state index in [1.807, 2.05) is 25.1 Å². The average Bonchev–Trinajstić information content (AvgIpc) is 2.79. The van der Waals surface area contributed by atoms with Crippen molar-refractivity contribution in [2.24, 2.45) is 0 Å². The van der Waals surface area contributed by atoms with Crippen LogP contribution in [0.2, 0.25) is 5.02 Å². The van der Waals surface area contributed by atoms with Gasteiger partial charge in [0.25, 0.3) is 5.24 Å². The second kappa shape index (κ2) is 6.53. The lowest BCUT2D eigenvalue weighted by molar-refractivity contribution is -0.142. The molecule has 0 spiro atoms. The van der Waals surface area contributed by atoms with Crippen LogP contribution in [0.4, 0.5) is 4.79 Å². The van der Waals surface area contributed by atoms with Crippen LogP contribution < -0.4 is 0 Å². The molecule has 1 aromatic rings. The third-order valence-electron chi connectivity index (χ3n) is 4.21. The SMILES string of the molecule is Cc1cc(CCC(=O)N2CC(N3C(=O)CSC3=O)C2)ccc1Cl. The number of hydrogen-bond donors (Lipinski definition) is 0. The summed E-state index contributed by atoms with van der Waals surface area (Å²) in [6.45, 7) is 2.85. The third-order valence-corrected chi connectivity index (χ3v) is 5.47. The molecule has 2 heterocycles. The zero-order valence-corrected chi connectivity index (χ0v) is 14.3. The summed E-state index contributed by atoms with van der Waals surface area (Å²) in [4.78, 5) is 38.4. The van der Waals surface area contributed by atoms with Gasteiger partial charge in [-0.1, -0.05) is 35.5 Å². The van der Waals surface area contributed by atoms with Crippen molar-refractivity contribution in [3.63, 3.8) is 0 Å². The van der Waals surface area contributed by atoms with Gasteiger partial charge in [-0.2, -0.15) is 0 Å². The number of halogens is 1. The van der Waals surface area contributed by atoms with E-state index in [1.165, 1.54) is 4.90 Å². The van der Waals surface area contributed by atoms with Crippen LogP contribution in [-0.4, -0.2) is 51.7 Å². The molecule has 0 aliphatic carbocycles. The van der Waals surface area contributed by atoms with Gasteiger partial charge in [0.2, 0.25) is 11.8 Å². The highest BCUT2D eigenvalue weighted by molar-refractivity contribution is 8.14. The summed E-state index contributed by atoms with van der Waals surface area (Å²) in [5, 5.41) is 0.534. The molecule has 23 heavy (non-hydrogen) atoms. The van der Waals surface area contributed by atoms with Crippen LogP contribution in [0.25, 0.3) is 0 Å². The maximum atomic E-state index is 12.2. The topological polar surface area (TPSA) is 57.7 Å². The van der Waals surface area contributed by atoms with E-state index in [1.54, 1.807) is 4.90 Å². The second-order valence-corrected chi connectivity index (χ2v) is 7.19. The Kier molecular flexibility index (Phi) is 4.64. The quantitative estimate of drug-likeness (QED) is 0.835. The minimum absolute atomic E-state index is 0.0561. The molecule has 0 radical (unpaired) electrons. The maximum absolute atomic E-state index is 12.2. The normalized spacial score (nSPS) is 18.5. The van der Waals surface area contributed by atoms with Crippen LogP contribution in [0.5, 0.6) is 0 Å². The van der Waals surface area contributed by atoms with Crippen LogP contribution >= 0.6 is 23.4 Å². The molecule has 2 aliphatic rings. The Labute approximate surface area is 143 Å². The van der Waals surface area contributed by atoms with Gasteiger partial charge < -0.3 is 4.90 Å². The highest BCUT2D eigenvalue weighted by Crippen LogP contribution is 2.26. The van der Waals surface area contributed by atoms with E-state index >= 15 is 0 Å². The van der Waals surface area contributed by atoms with Crippen molar-refractivity contribution in [3.8, 4) is 0 Å². The monoisotopic (exact) mass is 352 g/mol. The number of benzene rings is 1. The molecule has 1 aromatic carbocycles. The second-order valence-electron chi connectivity index (χ2n) is 5.85. The van der Waals surface area contributed by atoms with Crippen molar-refractivity contribution in [1.29, 1.82) is 0 Å². The first-order valence-corrected chi connectivity index (χ1v) is 8.83. The summed E-state index contributed by atoms with van der Waals surface area (Å²) < 4.78 is 0. The molecular formula is C16H17ClN2O3S. The van der Waals surface area contributed by atoms with E-state index < -0.39 is 0 Å². The van der Waals surface area contributed by atoms with Gasteiger partial charge in [0, 0.05) is 24.5 Å². The molecule has 0 N–H and O–H groups in total. The fourth-order valence-electron chi connectivity index (χ4n) is 2.81. The van der Waals surface area contributed by atoms with Gasteiger partial charge in [0.15, 0.2) is 0 Å². The Morgan fingerprint density at radius 3 is 2.70 bits per heavy atom. The van der Waals surface area contributed by atoms with Crippen LogP contribution in [-0.2, 0) is 16.0 Å². The first kappa shape index (κ1) is 16.3. The Morgan fingerprint density at radius 1 is 1.35 bits per heavy atom. The number of hydrogen-bond acceptors (Lipinski definition) is 4. The van der Waals surface area contributed by atoms with E-state index in [-0.39, 0.29) is 28.8 Å². The molecule has 3 amide bonds. The third kappa shape index (κ3) is 3.38. The van der Waals surface area contributed by atoms with Gasteiger partial charge in [-0.05, 0) is 30.5 Å². The molecular weight excluding hydrogens is 336 g/mol. The zero-order chi connectivity index (χ0) is 16.6. The number of carbonyl (C=O) groups excluding carboxylic acids is 3. The Balaban J connectivity index is 1.48. The lowest BCUT2D eigenvalue weighted by Crippen LogP contribution is -2.62. The van der Waals surface area contributed by atoms with Crippen LogP contribution in [0.15, 0.2) is 18.2 Å². The lowest BCUT2D eigenvalue weighted by atomic mass is 10.0. The number of likely N-dealkylation sites (tertiary alicyclic amines) is 1. The number of aryl methyl sites for hydroxylation is 2. The number of rotatable bonds is 4. The molecule has 0 saturated carbocycles. The van der Waals surface area contributed by atoms with Crippen molar-refractivity contribution in [1.82, 2.24) is 9.80 Å². The number of nitrogens with zero attached hydrogens (tertiary/aromatic N) is 2. The average molecular weight is 353 g/mol. The predicted molar refractivity (Wildman–Crippen MR) is 89.6 cm³/mol. The fraction of sp³-hybridized carbons (Fsp3) is 0.438. The Hall–Kier alpha value is -1.53. The van der Waals surface area contributed by atoms with Gasteiger partial charge in [0.1, 0.15) is 0 Å².